The molecule has 2 aliphatic rings. The molecule has 7 heteroatoms. The molecule has 1 amide bonds. The maximum absolute atomic E-state index is 12.2. The maximum atomic E-state index is 12.2. The second-order valence-electron chi connectivity index (χ2n) is 8.31. The van der Waals surface area contributed by atoms with Crippen molar-refractivity contribution < 1.29 is 4.79 Å². The molecule has 2 N–H and O–H groups in total. The Hall–Kier alpha value is -2.67. The summed E-state index contributed by atoms with van der Waals surface area (Å²) in [7, 11) is 0. The van der Waals surface area contributed by atoms with E-state index >= 15 is 0 Å². The lowest BCUT2D eigenvalue weighted by Crippen LogP contribution is -2.33. The molecule has 0 spiro atoms. The van der Waals surface area contributed by atoms with Gasteiger partial charge in [-0.2, -0.15) is 5.10 Å². The predicted octanol–water partition coefficient (Wildman–Crippen LogP) is 2.77. The van der Waals surface area contributed by atoms with Crippen molar-refractivity contribution >= 4 is 16.9 Å². The van der Waals surface area contributed by atoms with Crippen LogP contribution in [0.25, 0.3) is 11.0 Å². The molecule has 7 nitrogen and oxygen atoms in total. The summed E-state index contributed by atoms with van der Waals surface area (Å²) in [5.41, 5.74) is 4.34. The minimum absolute atomic E-state index is 0.161. The Labute approximate surface area is 170 Å². The average molecular weight is 393 g/mol. The van der Waals surface area contributed by atoms with Crippen LogP contribution in [0, 0.1) is 0 Å². The first-order valence-corrected chi connectivity index (χ1v) is 10.7. The Morgan fingerprint density at radius 1 is 1.21 bits per heavy atom. The van der Waals surface area contributed by atoms with E-state index < -0.39 is 0 Å². The molecule has 1 aliphatic carbocycles. The molecular formula is C22H28N6O. The van der Waals surface area contributed by atoms with E-state index in [0.717, 1.165) is 61.6 Å². The summed E-state index contributed by atoms with van der Waals surface area (Å²) in [4.78, 5) is 22.7. The number of imidazole rings is 1. The molecule has 1 aromatic carbocycles. The van der Waals surface area contributed by atoms with Crippen molar-refractivity contribution in [1.29, 1.82) is 0 Å². The topological polar surface area (TPSA) is 78.8 Å². The molecular weight excluding hydrogens is 364 g/mol. The van der Waals surface area contributed by atoms with Gasteiger partial charge in [0.15, 0.2) is 0 Å². The zero-order valence-electron chi connectivity index (χ0n) is 16.7. The normalized spacial score (nSPS) is 17.7. The number of amides is 1. The van der Waals surface area contributed by atoms with Crippen molar-refractivity contribution in [2.75, 3.05) is 6.54 Å². The molecule has 3 aromatic rings. The molecule has 0 saturated heterocycles. The number of para-hydroxylation sites is 2. The van der Waals surface area contributed by atoms with Crippen molar-refractivity contribution in [3.05, 3.63) is 47.5 Å². The van der Waals surface area contributed by atoms with Crippen LogP contribution in [0.15, 0.2) is 30.3 Å². The molecule has 0 atom stereocenters. The van der Waals surface area contributed by atoms with Gasteiger partial charge in [0.2, 0.25) is 5.91 Å². The lowest BCUT2D eigenvalue weighted by molar-refractivity contribution is -0.121. The summed E-state index contributed by atoms with van der Waals surface area (Å²) in [6.07, 6.45) is 5.97. The third kappa shape index (κ3) is 4.19. The van der Waals surface area contributed by atoms with Crippen LogP contribution in [0.4, 0.5) is 0 Å². The number of rotatable bonds is 6. The predicted molar refractivity (Wildman–Crippen MR) is 111 cm³/mol. The van der Waals surface area contributed by atoms with Crippen molar-refractivity contribution in [2.45, 2.75) is 64.2 Å². The summed E-state index contributed by atoms with van der Waals surface area (Å²) in [5.74, 6) is 1.16. The van der Waals surface area contributed by atoms with Crippen molar-refractivity contribution in [2.24, 2.45) is 0 Å². The number of carbonyl (C=O) groups excluding carboxylic acids is 1. The minimum Gasteiger partial charge on any atom is -0.353 e. The van der Waals surface area contributed by atoms with Gasteiger partial charge in [0.25, 0.3) is 0 Å². The fourth-order valence-electron chi connectivity index (χ4n) is 4.54. The third-order valence-electron chi connectivity index (χ3n) is 6.07. The molecule has 152 valence electrons. The zero-order chi connectivity index (χ0) is 19.6. The Kier molecular flexibility index (Phi) is 5.06. The van der Waals surface area contributed by atoms with E-state index in [9.17, 15) is 4.79 Å². The standard InChI is InChI=1S/C22H28N6O/c29-22(23-16-5-1-2-6-16)10-9-17-13-18-14-27(11-12-28(18)26-17)15-21-24-19-7-3-4-8-20(19)25-21/h3-4,7-8,13,16H,1-2,5-6,9-12,14-15H2,(H,23,29)(H,24,25). The van der Waals surface area contributed by atoms with E-state index in [4.69, 9.17) is 10.1 Å². The Bertz CT molecular complexity index is 967. The van der Waals surface area contributed by atoms with Gasteiger partial charge in [0, 0.05) is 32.0 Å². The summed E-state index contributed by atoms with van der Waals surface area (Å²) in [6, 6.07) is 10.7. The van der Waals surface area contributed by atoms with Crippen LogP contribution < -0.4 is 5.32 Å². The van der Waals surface area contributed by atoms with Gasteiger partial charge in [-0.1, -0.05) is 25.0 Å². The lowest BCUT2D eigenvalue weighted by Gasteiger charge is -2.26. The third-order valence-corrected chi connectivity index (χ3v) is 6.07. The van der Waals surface area contributed by atoms with Crippen LogP contribution in [-0.2, 0) is 30.8 Å². The minimum atomic E-state index is 0.161. The lowest BCUT2D eigenvalue weighted by atomic mass is 10.2. The Morgan fingerprint density at radius 3 is 2.93 bits per heavy atom. The van der Waals surface area contributed by atoms with E-state index in [1.54, 1.807) is 0 Å². The summed E-state index contributed by atoms with van der Waals surface area (Å²) < 4.78 is 2.10. The molecule has 0 radical (unpaired) electrons. The van der Waals surface area contributed by atoms with Gasteiger partial charge in [-0.3, -0.25) is 14.4 Å². The average Bonchev–Trinajstić information content (AvgIpc) is 3.45. The highest BCUT2D eigenvalue weighted by Gasteiger charge is 2.21. The number of aryl methyl sites for hydroxylation is 1. The first-order chi connectivity index (χ1) is 14.2. The van der Waals surface area contributed by atoms with Gasteiger partial charge < -0.3 is 10.3 Å². The van der Waals surface area contributed by atoms with Gasteiger partial charge >= 0.3 is 0 Å². The van der Waals surface area contributed by atoms with E-state index in [0.29, 0.717) is 18.9 Å². The highest BCUT2D eigenvalue weighted by molar-refractivity contribution is 5.76. The number of nitrogens with zero attached hydrogens (tertiary/aromatic N) is 4. The smallest absolute Gasteiger partial charge is 0.220 e. The summed E-state index contributed by atoms with van der Waals surface area (Å²) >= 11 is 0. The second-order valence-corrected chi connectivity index (χ2v) is 8.31. The monoisotopic (exact) mass is 392 g/mol. The van der Waals surface area contributed by atoms with Crippen molar-refractivity contribution in [3.63, 3.8) is 0 Å². The van der Waals surface area contributed by atoms with Crippen LogP contribution in [0.3, 0.4) is 0 Å². The van der Waals surface area contributed by atoms with Crippen LogP contribution in [0.1, 0.15) is 49.3 Å². The molecule has 29 heavy (non-hydrogen) atoms. The summed E-state index contributed by atoms with van der Waals surface area (Å²) in [5, 5.41) is 7.88. The molecule has 1 fully saturated rings. The molecule has 5 rings (SSSR count). The van der Waals surface area contributed by atoms with Crippen LogP contribution in [0.2, 0.25) is 0 Å². The number of aromatic amines is 1. The highest BCUT2D eigenvalue weighted by atomic mass is 16.1. The number of hydrogen-bond donors (Lipinski definition) is 2. The Balaban J connectivity index is 1.16. The molecule has 0 bridgehead atoms. The highest BCUT2D eigenvalue weighted by Crippen LogP contribution is 2.19. The first kappa shape index (κ1) is 18.4. The van der Waals surface area contributed by atoms with Crippen molar-refractivity contribution in [1.82, 2.24) is 30.0 Å². The quantitative estimate of drug-likeness (QED) is 0.676. The number of hydrogen-bond acceptors (Lipinski definition) is 4. The Morgan fingerprint density at radius 2 is 2.07 bits per heavy atom. The van der Waals surface area contributed by atoms with E-state index in [2.05, 4.69) is 32.0 Å². The number of fused-ring (bicyclic) bond motifs is 2. The van der Waals surface area contributed by atoms with Crippen LogP contribution >= 0.6 is 0 Å². The van der Waals surface area contributed by atoms with Crippen LogP contribution in [0.5, 0.6) is 0 Å². The SMILES string of the molecule is O=C(CCc1cc2n(n1)CCN(Cc1nc3ccccc3[nH]1)C2)NC1CCCC1. The maximum Gasteiger partial charge on any atom is 0.220 e. The summed E-state index contributed by atoms with van der Waals surface area (Å²) in [6.45, 7) is 3.49. The largest absolute Gasteiger partial charge is 0.353 e. The molecule has 0 unspecified atom stereocenters. The van der Waals surface area contributed by atoms with Gasteiger partial charge in [0.05, 0.1) is 35.5 Å². The van der Waals surface area contributed by atoms with E-state index in [1.165, 1.54) is 18.5 Å². The molecule has 2 aromatic heterocycles. The van der Waals surface area contributed by atoms with Crippen molar-refractivity contribution in [3.8, 4) is 0 Å². The van der Waals surface area contributed by atoms with Crippen LogP contribution in [-0.4, -0.2) is 43.1 Å². The van der Waals surface area contributed by atoms with Gasteiger partial charge in [-0.05, 0) is 31.0 Å². The molecule has 3 heterocycles. The molecule has 1 aliphatic heterocycles. The first-order valence-electron chi connectivity index (χ1n) is 10.7. The number of aromatic nitrogens is 4. The number of carbonyl (C=O) groups is 1. The fourth-order valence-corrected chi connectivity index (χ4v) is 4.54. The molecule has 1 saturated carbocycles. The zero-order valence-corrected chi connectivity index (χ0v) is 16.7. The number of benzene rings is 1. The second kappa shape index (κ2) is 7.99. The van der Waals surface area contributed by atoms with E-state index in [1.807, 2.05) is 18.2 Å². The number of H-pyrrole nitrogens is 1. The number of nitrogens with one attached hydrogen (secondary N) is 2. The van der Waals surface area contributed by atoms with Gasteiger partial charge in [0.1, 0.15) is 5.82 Å². The fraction of sp³-hybridized carbons (Fsp3) is 0.500. The van der Waals surface area contributed by atoms with E-state index in [-0.39, 0.29) is 5.91 Å². The van der Waals surface area contributed by atoms with Gasteiger partial charge in [-0.25, -0.2) is 4.98 Å². The van der Waals surface area contributed by atoms with Gasteiger partial charge in [-0.15, -0.1) is 0 Å².